The van der Waals surface area contributed by atoms with Crippen molar-refractivity contribution in [2.24, 2.45) is 0 Å². The van der Waals surface area contributed by atoms with Crippen LogP contribution >= 0.6 is 43.5 Å². The van der Waals surface area contributed by atoms with E-state index in [-0.39, 0.29) is 0 Å². The van der Waals surface area contributed by atoms with Crippen molar-refractivity contribution in [2.75, 3.05) is 19.5 Å². The van der Waals surface area contributed by atoms with Crippen molar-refractivity contribution in [3.63, 3.8) is 0 Å². The zero-order valence-corrected chi connectivity index (χ0v) is 15.5. The third-order valence-electron chi connectivity index (χ3n) is 2.96. The van der Waals surface area contributed by atoms with E-state index in [0.29, 0.717) is 23.1 Å². The Hall–Kier alpha value is -0.910. The normalized spacial score (nSPS) is 10.3. The summed E-state index contributed by atoms with van der Waals surface area (Å²) in [6.45, 7) is 0.648. The average Bonchev–Trinajstić information content (AvgIpc) is 2.49. The van der Waals surface area contributed by atoms with Crippen LogP contribution in [0.4, 0.5) is 5.69 Å². The van der Waals surface area contributed by atoms with Gasteiger partial charge in [0.25, 0.3) is 0 Å². The van der Waals surface area contributed by atoms with Gasteiger partial charge in [0.2, 0.25) is 0 Å². The predicted molar refractivity (Wildman–Crippen MR) is 93.7 cm³/mol. The standard InChI is InChI=1S/C15H14Br2ClNO2/c1-20-14-5-9(11(16)7-15(14)21-2)8-19-10-3-4-13(18)12(17)6-10/h3-7,19H,8H2,1-2H3. The number of methoxy groups -OCH3 is 2. The molecule has 0 unspecified atom stereocenters. The Balaban J connectivity index is 2.17. The summed E-state index contributed by atoms with van der Waals surface area (Å²) in [7, 11) is 3.24. The monoisotopic (exact) mass is 433 g/mol. The fourth-order valence-corrected chi connectivity index (χ4v) is 2.79. The van der Waals surface area contributed by atoms with Crippen LogP contribution in [0.25, 0.3) is 0 Å². The van der Waals surface area contributed by atoms with E-state index >= 15 is 0 Å². The van der Waals surface area contributed by atoms with Gasteiger partial charge in [-0.25, -0.2) is 0 Å². The van der Waals surface area contributed by atoms with Crippen LogP contribution in [0, 0.1) is 0 Å². The van der Waals surface area contributed by atoms with E-state index in [2.05, 4.69) is 37.2 Å². The first-order valence-corrected chi connectivity index (χ1v) is 8.11. The number of nitrogens with one attached hydrogen (secondary N) is 1. The highest BCUT2D eigenvalue weighted by atomic mass is 79.9. The smallest absolute Gasteiger partial charge is 0.161 e. The lowest BCUT2D eigenvalue weighted by Crippen LogP contribution is -2.01. The van der Waals surface area contributed by atoms with Crippen LogP contribution in [0.1, 0.15) is 5.56 Å². The van der Waals surface area contributed by atoms with Gasteiger partial charge in [-0.2, -0.15) is 0 Å². The van der Waals surface area contributed by atoms with Gasteiger partial charge >= 0.3 is 0 Å². The first kappa shape index (κ1) is 16.5. The molecule has 0 amide bonds. The maximum Gasteiger partial charge on any atom is 0.161 e. The fraction of sp³-hybridized carbons (Fsp3) is 0.200. The molecule has 2 aromatic rings. The lowest BCUT2D eigenvalue weighted by molar-refractivity contribution is 0.354. The van der Waals surface area contributed by atoms with Crippen molar-refractivity contribution >= 4 is 49.1 Å². The van der Waals surface area contributed by atoms with E-state index in [4.69, 9.17) is 21.1 Å². The molecule has 0 aliphatic rings. The summed E-state index contributed by atoms with van der Waals surface area (Å²) in [5.41, 5.74) is 2.05. The molecule has 0 spiro atoms. The molecule has 0 heterocycles. The van der Waals surface area contributed by atoms with Crippen molar-refractivity contribution in [3.05, 3.63) is 49.9 Å². The molecule has 0 fully saturated rings. The second kappa shape index (κ2) is 7.38. The largest absolute Gasteiger partial charge is 0.493 e. The number of ether oxygens (including phenoxy) is 2. The van der Waals surface area contributed by atoms with E-state index in [1.54, 1.807) is 14.2 Å². The Morgan fingerprint density at radius 1 is 1.00 bits per heavy atom. The highest BCUT2D eigenvalue weighted by molar-refractivity contribution is 9.10. The van der Waals surface area contributed by atoms with E-state index in [9.17, 15) is 0 Å². The molecule has 0 saturated heterocycles. The molecular weight excluding hydrogens is 421 g/mol. The zero-order chi connectivity index (χ0) is 15.4. The lowest BCUT2D eigenvalue weighted by atomic mass is 10.2. The number of anilines is 1. The molecule has 2 rings (SSSR count). The summed E-state index contributed by atoms with van der Waals surface area (Å²) in [4.78, 5) is 0. The molecule has 1 N–H and O–H groups in total. The summed E-state index contributed by atoms with van der Waals surface area (Å²) in [5.74, 6) is 1.40. The minimum Gasteiger partial charge on any atom is -0.493 e. The fourth-order valence-electron chi connectivity index (χ4n) is 1.84. The average molecular weight is 436 g/mol. The van der Waals surface area contributed by atoms with E-state index in [1.165, 1.54) is 0 Å². The van der Waals surface area contributed by atoms with Crippen molar-refractivity contribution in [1.29, 1.82) is 0 Å². The minimum atomic E-state index is 0.648. The van der Waals surface area contributed by atoms with Gasteiger partial charge in [0, 0.05) is 21.2 Å². The second-order valence-electron chi connectivity index (χ2n) is 4.28. The first-order chi connectivity index (χ1) is 10.0. The second-order valence-corrected chi connectivity index (χ2v) is 6.40. The molecule has 0 saturated carbocycles. The maximum atomic E-state index is 5.98. The van der Waals surface area contributed by atoms with Gasteiger partial charge < -0.3 is 14.8 Å². The summed E-state index contributed by atoms with van der Waals surface area (Å²) in [5, 5.41) is 4.03. The van der Waals surface area contributed by atoms with Gasteiger partial charge in [-0.05, 0) is 51.8 Å². The van der Waals surface area contributed by atoms with Crippen molar-refractivity contribution in [1.82, 2.24) is 0 Å². The topological polar surface area (TPSA) is 30.5 Å². The van der Waals surface area contributed by atoms with Crippen LogP contribution < -0.4 is 14.8 Å². The van der Waals surface area contributed by atoms with Crippen LogP contribution in [0.2, 0.25) is 5.02 Å². The summed E-state index contributed by atoms with van der Waals surface area (Å²) < 4.78 is 12.4. The molecular formula is C15H14Br2ClNO2. The van der Waals surface area contributed by atoms with Crippen LogP contribution in [-0.4, -0.2) is 14.2 Å². The summed E-state index contributed by atoms with van der Waals surface area (Å²) in [6.07, 6.45) is 0. The molecule has 0 bridgehead atoms. The Bertz CT molecular complexity index is 650. The van der Waals surface area contributed by atoms with Gasteiger partial charge in [-0.1, -0.05) is 27.5 Å². The number of hydrogen-bond donors (Lipinski definition) is 1. The Morgan fingerprint density at radius 2 is 1.67 bits per heavy atom. The molecule has 0 aliphatic heterocycles. The molecule has 2 aromatic carbocycles. The minimum absolute atomic E-state index is 0.648. The third kappa shape index (κ3) is 4.05. The first-order valence-electron chi connectivity index (χ1n) is 6.14. The van der Waals surface area contributed by atoms with Gasteiger partial charge in [-0.3, -0.25) is 0 Å². The van der Waals surface area contributed by atoms with Gasteiger partial charge in [0.15, 0.2) is 11.5 Å². The van der Waals surface area contributed by atoms with Crippen LogP contribution in [0.15, 0.2) is 39.3 Å². The SMILES string of the molecule is COc1cc(Br)c(CNc2ccc(Cl)c(Br)c2)cc1OC. The molecule has 0 aliphatic carbocycles. The van der Waals surface area contributed by atoms with Crippen molar-refractivity contribution in [2.45, 2.75) is 6.54 Å². The number of hydrogen-bond acceptors (Lipinski definition) is 3. The molecule has 112 valence electrons. The van der Waals surface area contributed by atoms with Crippen molar-refractivity contribution in [3.8, 4) is 11.5 Å². The number of rotatable bonds is 5. The lowest BCUT2D eigenvalue weighted by Gasteiger charge is -2.13. The molecule has 6 heteroatoms. The van der Waals surface area contributed by atoms with Gasteiger partial charge in [0.05, 0.1) is 19.2 Å². The Morgan fingerprint density at radius 3 is 2.29 bits per heavy atom. The zero-order valence-electron chi connectivity index (χ0n) is 11.5. The molecule has 21 heavy (non-hydrogen) atoms. The number of benzene rings is 2. The Labute approximate surface area is 145 Å². The summed E-state index contributed by atoms with van der Waals surface area (Å²) >= 11 is 12.9. The highest BCUT2D eigenvalue weighted by Crippen LogP contribution is 2.34. The molecule has 0 atom stereocenters. The van der Waals surface area contributed by atoms with Crippen LogP contribution in [0.5, 0.6) is 11.5 Å². The van der Waals surface area contributed by atoms with E-state index in [1.807, 2.05) is 30.3 Å². The predicted octanol–water partition coefficient (Wildman–Crippen LogP) is 5.49. The maximum absolute atomic E-state index is 5.98. The van der Waals surface area contributed by atoms with Gasteiger partial charge in [-0.15, -0.1) is 0 Å². The van der Waals surface area contributed by atoms with Crippen molar-refractivity contribution < 1.29 is 9.47 Å². The number of halogens is 3. The highest BCUT2D eigenvalue weighted by Gasteiger charge is 2.09. The third-order valence-corrected chi connectivity index (χ3v) is 4.91. The Kier molecular flexibility index (Phi) is 5.79. The molecule has 0 aromatic heterocycles. The summed E-state index contributed by atoms with van der Waals surface area (Å²) in [6, 6.07) is 9.56. The van der Waals surface area contributed by atoms with Crippen LogP contribution in [0.3, 0.4) is 0 Å². The van der Waals surface area contributed by atoms with E-state index < -0.39 is 0 Å². The van der Waals surface area contributed by atoms with Crippen LogP contribution in [-0.2, 0) is 6.54 Å². The molecule has 0 radical (unpaired) electrons. The van der Waals surface area contributed by atoms with E-state index in [0.717, 1.165) is 20.2 Å². The molecule has 3 nitrogen and oxygen atoms in total. The quantitative estimate of drug-likeness (QED) is 0.673. The van der Waals surface area contributed by atoms with Gasteiger partial charge in [0.1, 0.15) is 0 Å².